The Morgan fingerprint density at radius 2 is 2.24 bits per heavy atom. The van der Waals surface area contributed by atoms with Crippen molar-refractivity contribution >= 4 is 0 Å². The summed E-state index contributed by atoms with van der Waals surface area (Å²) < 4.78 is 6.90. The van der Waals surface area contributed by atoms with Crippen LogP contribution in [0.2, 0.25) is 0 Å². The molecule has 2 heterocycles. The Hall–Kier alpha value is -1.69. The summed E-state index contributed by atoms with van der Waals surface area (Å²) in [6.45, 7) is 5.51. The third-order valence-corrected chi connectivity index (χ3v) is 2.74. The van der Waals surface area contributed by atoms with Gasteiger partial charge in [-0.25, -0.2) is 0 Å². The predicted octanol–water partition coefficient (Wildman–Crippen LogP) is 0.752. The zero-order chi connectivity index (χ0) is 12.3. The molecule has 6 nitrogen and oxygen atoms in total. The smallest absolute Gasteiger partial charge is 0.227 e. The van der Waals surface area contributed by atoms with Gasteiger partial charge in [-0.3, -0.25) is 4.68 Å². The molecule has 0 amide bonds. The van der Waals surface area contributed by atoms with Gasteiger partial charge >= 0.3 is 0 Å². The normalized spacial score (nSPS) is 11.0. The summed E-state index contributed by atoms with van der Waals surface area (Å²) in [5.41, 5.74) is 2.40. The minimum absolute atomic E-state index is 0.679. The van der Waals surface area contributed by atoms with Crippen LogP contribution in [-0.2, 0) is 20.0 Å². The first-order chi connectivity index (χ1) is 8.16. The van der Waals surface area contributed by atoms with Crippen molar-refractivity contribution in [2.75, 3.05) is 6.54 Å². The third-order valence-electron chi connectivity index (χ3n) is 2.74. The molecule has 2 aromatic heterocycles. The number of aryl methyl sites for hydroxylation is 2. The van der Waals surface area contributed by atoms with E-state index in [4.69, 9.17) is 4.52 Å². The summed E-state index contributed by atoms with van der Waals surface area (Å²) in [6, 6.07) is 0. The second-order valence-electron chi connectivity index (χ2n) is 4.04. The van der Waals surface area contributed by atoms with E-state index < -0.39 is 0 Å². The van der Waals surface area contributed by atoms with Gasteiger partial charge in [0.15, 0.2) is 5.82 Å². The van der Waals surface area contributed by atoms with Crippen LogP contribution in [0.5, 0.6) is 0 Å². The van der Waals surface area contributed by atoms with Crippen LogP contribution in [0.4, 0.5) is 0 Å². The highest BCUT2D eigenvalue weighted by molar-refractivity contribution is 5.15. The zero-order valence-corrected chi connectivity index (χ0v) is 10.4. The second-order valence-corrected chi connectivity index (χ2v) is 4.04. The fourth-order valence-corrected chi connectivity index (χ4v) is 1.58. The maximum absolute atomic E-state index is 5.03. The Labute approximate surface area is 100 Å². The number of aromatic nitrogens is 4. The number of nitrogens with one attached hydrogen (secondary N) is 1. The highest BCUT2D eigenvalue weighted by Crippen LogP contribution is 2.04. The van der Waals surface area contributed by atoms with Crippen LogP contribution in [-0.4, -0.2) is 26.5 Å². The van der Waals surface area contributed by atoms with E-state index >= 15 is 0 Å². The van der Waals surface area contributed by atoms with Gasteiger partial charge in [0, 0.05) is 37.8 Å². The molecule has 0 fully saturated rings. The molecule has 0 radical (unpaired) electrons. The minimum Gasteiger partial charge on any atom is -0.339 e. The van der Waals surface area contributed by atoms with Gasteiger partial charge in [-0.1, -0.05) is 5.16 Å². The highest BCUT2D eigenvalue weighted by atomic mass is 16.5. The van der Waals surface area contributed by atoms with E-state index in [1.165, 1.54) is 11.3 Å². The maximum atomic E-state index is 5.03. The molecule has 0 bridgehead atoms. The molecule has 0 aliphatic heterocycles. The molecule has 0 unspecified atom stereocenters. The summed E-state index contributed by atoms with van der Waals surface area (Å²) >= 11 is 0. The number of hydrogen-bond donors (Lipinski definition) is 1. The van der Waals surface area contributed by atoms with Crippen LogP contribution in [0.15, 0.2) is 10.7 Å². The van der Waals surface area contributed by atoms with Gasteiger partial charge in [0.1, 0.15) is 0 Å². The van der Waals surface area contributed by atoms with Crippen LogP contribution in [0, 0.1) is 13.8 Å². The Morgan fingerprint density at radius 3 is 2.82 bits per heavy atom. The average molecular weight is 235 g/mol. The molecule has 0 spiro atoms. The van der Waals surface area contributed by atoms with Crippen molar-refractivity contribution in [3.63, 3.8) is 0 Å². The van der Waals surface area contributed by atoms with E-state index in [2.05, 4.69) is 27.5 Å². The van der Waals surface area contributed by atoms with Gasteiger partial charge in [0.2, 0.25) is 5.89 Å². The Morgan fingerprint density at radius 1 is 1.41 bits per heavy atom. The molecule has 0 atom stereocenters. The van der Waals surface area contributed by atoms with Crippen molar-refractivity contribution in [3.05, 3.63) is 29.2 Å². The van der Waals surface area contributed by atoms with Gasteiger partial charge in [-0.05, 0) is 13.8 Å². The molecule has 6 heteroatoms. The van der Waals surface area contributed by atoms with Gasteiger partial charge in [0.25, 0.3) is 0 Å². The van der Waals surface area contributed by atoms with E-state index in [1.807, 2.05) is 24.9 Å². The molecule has 0 aromatic carbocycles. The lowest BCUT2D eigenvalue weighted by atomic mass is 10.2. The molecule has 2 aromatic rings. The SMILES string of the molecule is Cc1noc(CCNCc2cnn(C)c2C)n1. The molecule has 2 rings (SSSR count). The Balaban J connectivity index is 1.75. The lowest BCUT2D eigenvalue weighted by Gasteiger charge is -2.02. The standard InChI is InChI=1S/C11H17N5O/c1-8-10(7-13-16(8)3)6-12-5-4-11-14-9(2)15-17-11/h7,12H,4-6H2,1-3H3. The van der Waals surface area contributed by atoms with E-state index in [9.17, 15) is 0 Å². The molecular weight excluding hydrogens is 218 g/mol. The molecule has 0 aliphatic rings. The van der Waals surface area contributed by atoms with E-state index in [-0.39, 0.29) is 0 Å². The average Bonchev–Trinajstić information content (AvgIpc) is 2.84. The highest BCUT2D eigenvalue weighted by Gasteiger charge is 2.04. The molecule has 17 heavy (non-hydrogen) atoms. The fourth-order valence-electron chi connectivity index (χ4n) is 1.58. The molecule has 0 saturated heterocycles. The van der Waals surface area contributed by atoms with Gasteiger partial charge in [-0.15, -0.1) is 0 Å². The summed E-state index contributed by atoms with van der Waals surface area (Å²) in [5, 5.41) is 11.3. The largest absolute Gasteiger partial charge is 0.339 e. The van der Waals surface area contributed by atoms with Crippen molar-refractivity contribution < 1.29 is 4.52 Å². The topological polar surface area (TPSA) is 68.8 Å². The van der Waals surface area contributed by atoms with Crippen LogP contribution in [0.25, 0.3) is 0 Å². The number of hydrogen-bond acceptors (Lipinski definition) is 5. The minimum atomic E-state index is 0.679. The lowest BCUT2D eigenvalue weighted by Crippen LogP contribution is -2.17. The first kappa shape index (κ1) is 11.8. The van der Waals surface area contributed by atoms with Crippen molar-refractivity contribution in [3.8, 4) is 0 Å². The monoisotopic (exact) mass is 235 g/mol. The summed E-state index contributed by atoms with van der Waals surface area (Å²) in [6.07, 6.45) is 2.64. The third kappa shape index (κ3) is 2.91. The van der Waals surface area contributed by atoms with Crippen LogP contribution in [0.3, 0.4) is 0 Å². The quantitative estimate of drug-likeness (QED) is 0.775. The Kier molecular flexibility index (Phi) is 3.53. The fraction of sp³-hybridized carbons (Fsp3) is 0.545. The van der Waals surface area contributed by atoms with Crippen molar-refractivity contribution in [2.45, 2.75) is 26.8 Å². The first-order valence-corrected chi connectivity index (χ1v) is 5.64. The van der Waals surface area contributed by atoms with Crippen LogP contribution < -0.4 is 5.32 Å². The predicted molar refractivity (Wildman–Crippen MR) is 62.4 cm³/mol. The molecule has 0 aliphatic carbocycles. The maximum Gasteiger partial charge on any atom is 0.227 e. The zero-order valence-electron chi connectivity index (χ0n) is 10.4. The summed E-state index contributed by atoms with van der Waals surface area (Å²) in [7, 11) is 1.94. The lowest BCUT2D eigenvalue weighted by molar-refractivity contribution is 0.372. The van der Waals surface area contributed by atoms with E-state index in [0.717, 1.165) is 19.5 Å². The van der Waals surface area contributed by atoms with Crippen LogP contribution >= 0.6 is 0 Å². The second kappa shape index (κ2) is 5.09. The molecule has 92 valence electrons. The van der Waals surface area contributed by atoms with Gasteiger partial charge in [0.05, 0.1) is 6.20 Å². The summed E-state index contributed by atoms with van der Waals surface area (Å²) in [5.74, 6) is 1.36. The van der Waals surface area contributed by atoms with Gasteiger partial charge < -0.3 is 9.84 Å². The van der Waals surface area contributed by atoms with Crippen LogP contribution in [0.1, 0.15) is 23.0 Å². The van der Waals surface area contributed by atoms with Gasteiger partial charge in [-0.2, -0.15) is 10.1 Å². The Bertz CT molecular complexity index is 488. The van der Waals surface area contributed by atoms with E-state index in [1.54, 1.807) is 0 Å². The van der Waals surface area contributed by atoms with Crippen molar-refractivity contribution in [2.24, 2.45) is 7.05 Å². The number of rotatable bonds is 5. The molecular formula is C11H17N5O. The number of nitrogens with zero attached hydrogens (tertiary/aromatic N) is 4. The van der Waals surface area contributed by atoms with Crippen molar-refractivity contribution in [1.82, 2.24) is 25.2 Å². The van der Waals surface area contributed by atoms with E-state index in [0.29, 0.717) is 11.7 Å². The molecule has 0 saturated carbocycles. The summed E-state index contributed by atoms with van der Waals surface area (Å²) in [4.78, 5) is 4.14. The van der Waals surface area contributed by atoms with Crippen molar-refractivity contribution in [1.29, 1.82) is 0 Å². The molecule has 1 N–H and O–H groups in total. The first-order valence-electron chi connectivity index (χ1n) is 5.64.